The first kappa shape index (κ1) is 21.7. The summed E-state index contributed by atoms with van der Waals surface area (Å²) in [6.45, 7) is 1.34. The number of carbonyl (C=O) groups excluding carboxylic acids is 2. The number of aromatic nitrogens is 2. The molecular weight excluding hydrogens is 436 g/mol. The van der Waals surface area contributed by atoms with Crippen molar-refractivity contribution in [2.24, 2.45) is 0 Å². The molecule has 2 N–H and O–H groups in total. The van der Waals surface area contributed by atoms with Gasteiger partial charge in [-0.05, 0) is 28.7 Å². The normalized spacial score (nSPS) is 16.4. The van der Waals surface area contributed by atoms with Crippen LogP contribution in [0.2, 0.25) is 0 Å². The Morgan fingerprint density at radius 3 is 2.35 bits per heavy atom. The third-order valence-corrected chi connectivity index (χ3v) is 6.40. The zero-order valence-electron chi connectivity index (χ0n) is 18.4. The molecule has 1 aliphatic heterocycles. The van der Waals surface area contributed by atoms with Crippen LogP contribution in [0.15, 0.2) is 61.1 Å². The van der Waals surface area contributed by atoms with Gasteiger partial charge in [0.15, 0.2) is 0 Å². The molecular formula is C25H24N4O5. The molecule has 1 aliphatic carbocycles. The van der Waals surface area contributed by atoms with Gasteiger partial charge in [0.05, 0.1) is 6.33 Å². The first-order valence-electron chi connectivity index (χ1n) is 11.2. The Morgan fingerprint density at radius 2 is 1.74 bits per heavy atom. The summed E-state index contributed by atoms with van der Waals surface area (Å²) in [6.07, 6.45) is 2.98. The number of ether oxygens (including phenoxy) is 1. The van der Waals surface area contributed by atoms with Gasteiger partial charge in [0, 0.05) is 31.7 Å². The molecule has 1 fully saturated rings. The average molecular weight is 460 g/mol. The number of hydrogen-bond acceptors (Lipinski definition) is 5. The van der Waals surface area contributed by atoms with Crippen molar-refractivity contribution in [3.05, 3.63) is 77.9 Å². The molecule has 0 spiro atoms. The summed E-state index contributed by atoms with van der Waals surface area (Å²) in [7, 11) is 0. The number of amides is 2. The summed E-state index contributed by atoms with van der Waals surface area (Å²) in [4.78, 5) is 41.2. The van der Waals surface area contributed by atoms with Gasteiger partial charge in [-0.1, -0.05) is 48.5 Å². The molecule has 5 rings (SSSR count). The van der Waals surface area contributed by atoms with Crippen molar-refractivity contribution < 1.29 is 24.2 Å². The van der Waals surface area contributed by atoms with Gasteiger partial charge in [-0.25, -0.2) is 14.6 Å². The summed E-state index contributed by atoms with van der Waals surface area (Å²) in [5.41, 5.74) is 4.84. The quantitative estimate of drug-likeness (QED) is 0.561. The van der Waals surface area contributed by atoms with E-state index in [-0.39, 0.29) is 18.2 Å². The molecule has 0 radical (unpaired) electrons. The van der Waals surface area contributed by atoms with Crippen LogP contribution in [0, 0.1) is 0 Å². The van der Waals surface area contributed by atoms with Gasteiger partial charge in [-0.2, -0.15) is 0 Å². The molecule has 174 valence electrons. The number of likely N-dealkylation sites (tertiary alicyclic amines) is 1. The van der Waals surface area contributed by atoms with E-state index in [2.05, 4.69) is 34.6 Å². The Balaban J connectivity index is 1.11. The minimum atomic E-state index is -1.01. The number of nitrogens with one attached hydrogen (secondary N) is 1. The van der Waals surface area contributed by atoms with Crippen LogP contribution in [0.1, 0.15) is 34.0 Å². The largest absolute Gasteiger partial charge is 0.480 e. The molecule has 0 bridgehead atoms. The third-order valence-electron chi connectivity index (χ3n) is 6.40. The van der Waals surface area contributed by atoms with Crippen LogP contribution in [0.3, 0.4) is 0 Å². The highest BCUT2D eigenvalue weighted by atomic mass is 16.5. The number of imidazole rings is 1. The lowest BCUT2D eigenvalue weighted by atomic mass is 9.98. The second-order valence-electron chi connectivity index (χ2n) is 8.39. The lowest BCUT2D eigenvalue weighted by Gasteiger charge is -2.37. The summed E-state index contributed by atoms with van der Waals surface area (Å²) in [5.74, 6) is -1.41. The van der Waals surface area contributed by atoms with Crippen LogP contribution in [0.25, 0.3) is 11.1 Å². The van der Waals surface area contributed by atoms with Crippen LogP contribution in [0.5, 0.6) is 0 Å². The molecule has 1 atom stereocenters. The van der Waals surface area contributed by atoms with E-state index in [0.717, 1.165) is 11.1 Å². The maximum atomic E-state index is 12.4. The van der Waals surface area contributed by atoms with Gasteiger partial charge in [-0.15, -0.1) is 0 Å². The topological polar surface area (TPSA) is 114 Å². The molecule has 2 amide bonds. The van der Waals surface area contributed by atoms with Gasteiger partial charge in [0.25, 0.3) is 5.91 Å². The van der Waals surface area contributed by atoms with E-state index < -0.39 is 24.0 Å². The Morgan fingerprint density at radius 1 is 1.06 bits per heavy atom. The van der Waals surface area contributed by atoms with Crippen molar-refractivity contribution in [2.75, 3.05) is 19.7 Å². The average Bonchev–Trinajstić information content (AvgIpc) is 3.40. The predicted molar refractivity (Wildman–Crippen MR) is 122 cm³/mol. The van der Waals surface area contributed by atoms with E-state index >= 15 is 0 Å². The number of aliphatic carboxylic acids is 1. The third kappa shape index (κ3) is 4.00. The first-order chi connectivity index (χ1) is 16.5. The molecule has 34 heavy (non-hydrogen) atoms. The Hall–Kier alpha value is -4.14. The Labute approximate surface area is 196 Å². The highest BCUT2D eigenvalue weighted by molar-refractivity contribution is 5.95. The monoisotopic (exact) mass is 460 g/mol. The lowest BCUT2D eigenvalue weighted by molar-refractivity contribution is -0.146. The molecule has 2 aliphatic rings. The highest BCUT2D eigenvalue weighted by Crippen LogP contribution is 2.44. The molecule has 2 heterocycles. The second-order valence-corrected chi connectivity index (χ2v) is 8.39. The maximum Gasteiger partial charge on any atom is 0.407 e. The van der Waals surface area contributed by atoms with Crippen LogP contribution in [-0.4, -0.2) is 63.3 Å². The van der Waals surface area contributed by atoms with Crippen LogP contribution >= 0.6 is 0 Å². The van der Waals surface area contributed by atoms with Crippen molar-refractivity contribution >= 4 is 18.0 Å². The van der Waals surface area contributed by atoms with Crippen molar-refractivity contribution in [3.63, 3.8) is 0 Å². The number of carbonyl (C=O) groups is 3. The molecule has 1 aromatic heterocycles. The molecule has 9 nitrogen and oxygen atoms in total. The van der Waals surface area contributed by atoms with Gasteiger partial charge < -0.3 is 24.6 Å². The molecule has 3 aromatic rings. The second kappa shape index (κ2) is 9.01. The summed E-state index contributed by atoms with van der Waals surface area (Å²) >= 11 is 0. The smallest absolute Gasteiger partial charge is 0.407 e. The number of carboxylic acids is 1. The summed E-state index contributed by atoms with van der Waals surface area (Å²) < 4.78 is 7.19. The molecule has 9 heteroatoms. The van der Waals surface area contributed by atoms with Crippen molar-refractivity contribution in [3.8, 4) is 11.1 Å². The van der Waals surface area contributed by atoms with E-state index in [1.54, 1.807) is 10.8 Å². The number of carboxylic acid groups (broad SMARTS) is 1. The Bertz CT molecular complexity index is 1210. The van der Waals surface area contributed by atoms with Gasteiger partial charge in [0.2, 0.25) is 0 Å². The number of rotatable bonds is 7. The lowest BCUT2D eigenvalue weighted by Crippen LogP contribution is -2.55. The summed E-state index contributed by atoms with van der Waals surface area (Å²) in [5, 5.41) is 11.8. The first-order valence-corrected chi connectivity index (χ1v) is 11.2. The van der Waals surface area contributed by atoms with Gasteiger partial charge in [0.1, 0.15) is 18.3 Å². The number of alkyl carbamates (subject to hydrolysis) is 1. The van der Waals surface area contributed by atoms with Crippen LogP contribution in [0.4, 0.5) is 4.79 Å². The minimum absolute atomic E-state index is 0.00324. The number of hydrogen-bond donors (Lipinski definition) is 2. The molecule has 1 saturated heterocycles. The Kier molecular flexibility index (Phi) is 5.75. The van der Waals surface area contributed by atoms with E-state index in [0.29, 0.717) is 26.1 Å². The number of benzene rings is 2. The zero-order chi connectivity index (χ0) is 23.7. The van der Waals surface area contributed by atoms with Crippen molar-refractivity contribution in [1.82, 2.24) is 19.8 Å². The number of nitrogens with zero attached hydrogens (tertiary/aromatic N) is 3. The molecule has 2 aromatic carbocycles. The highest BCUT2D eigenvalue weighted by Gasteiger charge is 2.38. The fourth-order valence-electron chi connectivity index (χ4n) is 4.56. The van der Waals surface area contributed by atoms with Gasteiger partial charge in [-0.3, -0.25) is 4.79 Å². The number of fused-ring (bicyclic) bond motifs is 3. The maximum absolute atomic E-state index is 12.4. The van der Waals surface area contributed by atoms with Crippen LogP contribution in [-0.2, 0) is 16.1 Å². The standard InChI is InChI=1S/C25H24N4O5/c30-23(29-11-9-22(29)24(31)32)21-13-28(15-27-21)12-10-26-25(33)34-14-20-18-7-3-1-5-16(18)17-6-2-4-8-19(17)20/h1-8,13,15,20,22H,9-12,14H2,(H,26,33)(H,31,32). The molecule has 1 unspecified atom stereocenters. The van der Waals surface area contributed by atoms with Gasteiger partial charge >= 0.3 is 12.1 Å². The van der Waals surface area contributed by atoms with Crippen molar-refractivity contribution in [2.45, 2.75) is 24.9 Å². The fourth-order valence-corrected chi connectivity index (χ4v) is 4.56. The molecule has 0 saturated carbocycles. The SMILES string of the molecule is O=C(NCCn1cnc(C(=O)N2CCC2C(=O)O)c1)OCC1c2ccccc2-c2ccccc21. The zero-order valence-corrected chi connectivity index (χ0v) is 18.4. The van der Waals surface area contributed by atoms with E-state index in [9.17, 15) is 14.4 Å². The van der Waals surface area contributed by atoms with Crippen molar-refractivity contribution in [1.29, 1.82) is 0 Å². The van der Waals surface area contributed by atoms with Crippen LogP contribution < -0.4 is 5.32 Å². The minimum Gasteiger partial charge on any atom is -0.480 e. The fraction of sp³-hybridized carbons (Fsp3) is 0.280. The summed E-state index contributed by atoms with van der Waals surface area (Å²) in [6, 6.07) is 15.5. The van der Waals surface area contributed by atoms with E-state index in [1.807, 2.05) is 24.3 Å². The van der Waals surface area contributed by atoms with E-state index in [4.69, 9.17) is 9.84 Å². The predicted octanol–water partition coefficient (Wildman–Crippen LogP) is 2.72. The van der Waals surface area contributed by atoms with E-state index in [1.165, 1.54) is 22.4 Å².